The van der Waals surface area contributed by atoms with Gasteiger partial charge in [-0.2, -0.15) is 0 Å². The summed E-state index contributed by atoms with van der Waals surface area (Å²) in [5.74, 6) is 0.538. The first kappa shape index (κ1) is 14.8. The molecule has 1 atom stereocenters. The summed E-state index contributed by atoms with van der Waals surface area (Å²) >= 11 is 0. The van der Waals surface area contributed by atoms with Gasteiger partial charge in [0.2, 0.25) is 0 Å². The normalized spacial score (nSPS) is 11.5. The van der Waals surface area contributed by atoms with Crippen LogP contribution in [0.1, 0.15) is 28.4 Å². The predicted molar refractivity (Wildman–Crippen MR) is 80.3 cm³/mol. The molecule has 1 N–H and O–H groups in total. The number of aldehydes is 1. The van der Waals surface area contributed by atoms with Gasteiger partial charge in [0.15, 0.2) is 0 Å². The lowest BCUT2D eigenvalue weighted by Gasteiger charge is -2.17. The van der Waals surface area contributed by atoms with Crippen LogP contribution in [-0.2, 0) is 4.79 Å². The molecule has 21 heavy (non-hydrogen) atoms. The van der Waals surface area contributed by atoms with Crippen LogP contribution in [0, 0.1) is 0 Å². The Bertz CT molecular complexity index is 593. The minimum absolute atomic E-state index is 0.196. The molecule has 0 aliphatic rings. The molecule has 0 heterocycles. The van der Waals surface area contributed by atoms with E-state index in [2.05, 4.69) is 5.32 Å². The number of carbonyl (C=O) groups excluding carboxylic acids is 2. The van der Waals surface area contributed by atoms with Gasteiger partial charge in [-0.1, -0.05) is 30.3 Å². The molecule has 4 nitrogen and oxygen atoms in total. The third kappa shape index (κ3) is 3.92. The van der Waals surface area contributed by atoms with Crippen molar-refractivity contribution < 1.29 is 14.3 Å². The fourth-order valence-electron chi connectivity index (χ4n) is 2.04. The van der Waals surface area contributed by atoms with Crippen LogP contribution < -0.4 is 10.1 Å². The Morgan fingerprint density at radius 3 is 2.38 bits per heavy atom. The van der Waals surface area contributed by atoms with Crippen molar-refractivity contribution in [3.63, 3.8) is 0 Å². The summed E-state index contributed by atoms with van der Waals surface area (Å²) in [6.07, 6.45) is 1.03. The zero-order valence-electron chi connectivity index (χ0n) is 11.8. The first-order valence-electron chi connectivity index (χ1n) is 6.68. The summed E-state index contributed by atoms with van der Waals surface area (Å²) in [6, 6.07) is 15.9. The highest BCUT2D eigenvalue weighted by atomic mass is 16.5. The lowest BCUT2D eigenvalue weighted by atomic mass is 10.0. The van der Waals surface area contributed by atoms with E-state index in [1.54, 1.807) is 31.4 Å². The quantitative estimate of drug-likeness (QED) is 0.829. The summed E-state index contributed by atoms with van der Waals surface area (Å²) in [5.41, 5.74) is 1.44. The Hall–Kier alpha value is -2.62. The van der Waals surface area contributed by atoms with E-state index in [1.807, 2.05) is 30.3 Å². The van der Waals surface area contributed by atoms with E-state index in [9.17, 15) is 9.59 Å². The van der Waals surface area contributed by atoms with E-state index in [0.717, 1.165) is 17.6 Å². The lowest BCUT2D eigenvalue weighted by molar-refractivity contribution is -0.108. The van der Waals surface area contributed by atoms with Crippen LogP contribution >= 0.6 is 0 Å². The second-order valence-electron chi connectivity index (χ2n) is 4.57. The Kier molecular flexibility index (Phi) is 5.10. The van der Waals surface area contributed by atoms with Crippen molar-refractivity contribution in [2.75, 3.05) is 7.11 Å². The molecule has 0 unspecified atom stereocenters. The summed E-state index contributed by atoms with van der Waals surface area (Å²) in [5, 5.41) is 2.88. The fourth-order valence-corrected chi connectivity index (χ4v) is 2.04. The van der Waals surface area contributed by atoms with Crippen LogP contribution in [0.2, 0.25) is 0 Å². The largest absolute Gasteiger partial charge is 0.497 e. The van der Waals surface area contributed by atoms with Gasteiger partial charge in [-0.15, -0.1) is 0 Å². The van der Waals surface area contributed by atoms with E-state index in [1.165, 1.54) is 0 Å². The van der Waals surface area contributed by atoms with Crippen molar-refractivity contribution in [1.29, 1.82) is 0 Å². The van der Waals surface area contributed by atoms with E-state index >= 15 is 0 Å². The molecule has 0 aliphatic carbocycles. The fraction of sp³-hybridized carbons (Fsp3) is 0.176. The van der Waals surface area contributed by atoms with Crippen LogP contribution in [0.5, 0.6) is 5.75 Å². The standard InChI is InChI=1S/C17H17NO3/c1-21-15-9-7-13(8-10-15)16(11-12-19)18-17(20)14-5-3-2-4-6-14/h2-10,12,16H,11H2,1H3,(H,18,20)/t16-/m1/s1. The number of methoxy groups -OCH3 is 1. The summed E-state index contributed by atoms with van der Waals surface area (Å²) < 4.78 is 5.10. The Morgan fingerprint density at radius 2 is 1.81 bits per heavy atom. The molecule has 0 radical (unpaired) electrons. The minimum atomic E-state index is -0.346. The number of rotatable bonds is 6. The topological polar surface area (TPSA) is 55.4 Å². The van der Waals surface area contributed by atoms with Crippen molar-refractivity contribution in [1.82, 2.24) is 5.32 Å². The van der Waals surface area contributed by atoms with E-state index < -0.39 is 0 Å². The van der Waals surface area contributed by atoms with Gasteiger partial charge in [-0.25, -0.2) is 0 Å². The molecular weight excluding hydrogens is 266 g/mol. The van der Waals surface area contributed by atoms with Crippen molar-refractivity contribution in [3.05, 3.63) is 65.7 Å². The number of amides is 1. The zero-order chi connectivity index (χ0) is 15.1. The van der Waals surface area contributed by atoms with Gasteiger partial charge in [0, 0.05) is 12.0 Å². The molecular formula is C17H17NO3. The summed E-state index contributed by atoms with van der Waals surface area (Å²) in [4.78, 5) is 23.0. The van der Waals surface area contributed by atoms with Crippen LogP contribution in [0.3, 0.4) is 0 Å². The predicted octanol–water partition coefficient (Wildman–Crippen LogP) is 2.76. The molecule has 108 valence electrons. The highest BCUT2D eigenvalue weighted by Gasteiger charge is 2.15. The highest BCUT2D eigenvalue weighted by molar-refractivity contribution is 5.94. The Morgan fingerprint density at radius 1 is 1.14 bits per heavy atom. The number of benzene rings is 2. The van der Waals surface area contributed by atoms with Gasteiger partial charge in [-0.3, -0.25) is 4.79 Å². The van der Waals surface area contributed by atoms with Crippen molar-refractivity contribution in [3.8, 4) is 5.75 Å². The Balaban J connectivity index is 2.14. The third-order valence-corrected chi connectivity index (χ3v) is 3.19. The van der Waals surface area contributed by atoms with Gasteiger partial charge in [-0.05, 0) is 29.8 Å². The first-order chi connectivity index (χ1) is 10.2. The van der Waals surface area contributed by atoms with Gasteiger partial charge in [0.25, 0.3) is 5.91 Å². The maximum absolute atomic E-state index is 12.2. The number of hydrogen-bond donors (Lipinski definition) is 1. The van der Waals surface area contributed by atoms with Crippen molar-refractivity contribution in [2.45, 2.75) is 12.5 Å². The van der Waals surface area contributed by atoms with Gasteiger partial charge in [0.1, 0.15) is 12.0 Å². The highest BCUT2D eigenvalue weighted by Crippen LogP contribution is 2.20. The van der Waals surface area contributed by atoms with Crippen LogP contribution in [0.25, 0.3) is 0 Å². The molecule has 0 fully saturated rings. The number of hydrogen-bond acceptors (Lipinski definition) is 3. The SMILES string of the molecule is COc1ccc([C@@H](CC=O)NC(=O)c2ccccc2)cc1. The molecule has 2 rings (SSSR count). The monoisotopic (exact) mass is 283 g/mol. The Labute approximate surface area is 123 Å². The van der Waals surface area contributed by atoms with Crippen molar-refractivity contribution >= 4 is 12.2 Å². The molecule has 0 spiro atoms. The van der Waals surface area contributed by atoms with Gasteiger partial charge in [0.05, 0.1) is 13.2 Å². The molecule has 2 aromatic rings. The maximum Gasteiger partial charge on any atom is 0.251 e. The third-order valence-electron chi connectivity index (χ3n) is 3.19. The molecule has 0 aromatic heterocycles. The van der Waals surface area contributed by atoms with Gasteiger partial charge < -0.3 is 14.8 Å². The van der Waals surface area contributed by atoms with Crippen LogP contribution in [0.4, 0.5) is 0 Å². The van der Waals surface area contributed by atoms with Crippen LogP contribution in [-0.4, -0.2) is 19.3 Å². The molecule has 2 aromatic carbocycles. The second-order valence-corrected chi connectivity index (χ2v) is 4.57. The van der Waals surface area contributed by atoms with E-state index in [4.69, 9.17) is 4.74 Å². The maximum atomic E-state index is 12.2. The molecule has 0 saturated heterocycles. The molecule has 0 aliphatic heterocycles. The second kappa shape index (κ2) is 7.24. The first-order valence-corrected chi connectivity index (χ1v) is 6.68. The molecule has 1 amide bonds. The molecule has 0 saturated carbocycles. The molecule has 4 heteroatoms. The average Bonchev–Trinajstić information content (AvgIpc) is 2.55. The number of nitrogens with one attached hydrogen (secondary N) is 1. The van der Waals surface area contributed by atoms with Crippen molar-refractivity contribution in [2.24, 2.45) is 0 Å². The van der Waals surface area contributed by atoms with E-state index in [0.29, 0.717) is 5.56 Å². The number of carbonyl (C=O) groups is 2. The lowest BCUT2D eigenvalue weighted by Crippen LogP contribution is -2.28. The molecule has 0 bridgehead atoms. The van der Waals surface area contributed by atoms with Crippen LogP contribution in [0.15, 0.2) is 54.6 Å². The number of ether oxygens (including phenoxy) is 1. The summed E-state index contributed by atoms with van der Waals surface area (Å²) in [6.45, 7) is 0. The summed E-state index contributed by atoms with van der Waals surface area (Å²) in [7, 11) is 1.59. The minimum Gasteiger partial charge on any atom is -0.497 e. The van der Waals surface area contributed by atoms with Gasteiger partial charge >= 0.3 is 0 Å². The smallest absolute Gasteiger partial charge is 0.251 e. The average molecular weight is 283 g/mol. The van der Waals surface area contributed by atoms with E-state index in [-0.39, 0.29) is 18.4 Å². The zero-order valence-corrected chi connectivity index (χ0v) is 11.8.